The van der Waals surface area contributed by atoms with Crippen molar-refractivity contribution < 1.29 is 9.59 Å². The summed E-state index contributed by atoms with van der Waals surface area (Å²) < 4.78 is 0. The van der Waals surface area contributed by atoms with Gasteiger partial charge in [0.05, 0.1) is 23.6 Å². The number of rotatable bonds is 5. The molecule has 22 heavy (non-hydrogen) atoms. The predicted octanol–water partition coefficient (Wildman–Crippen LogP) is 0.909. The van der Waals surface area contributed by atoms with Crippen LogP contribution in [0.1, 0.15) is 19.7 Å². The molecular formula is C15H21N5O2. The molecule has 0 aliphatic rings. The Hall–Kier alpha value is -2.41. The van der Waals surface area contributed by atoms with Gasteiger partial charge < -0.3 is 21.4 Å². The third-order valence-electron chi connectivity index (χ3n) is 3.33. The summed E-state index contributed by atoms with van der Waals surface area (Å²) >= 11 is 0. The molecule has 7 heteroatoms. The van der Waals surface area contributed by atoms with E-state index in [-0.39, 0.29) is 24.3 Å². The van der Waals surface area contributed by atoms with Gasteiger partial charge in [-0.2, -0.15) is 0 Å². The molecule has 0 spiro atoms. The van der Waals surface area contributed by atoms with E-state index in [0.29, 0.717) is 5.69 Å². The number of fused-ring (bicyclic) bond motifs is 1. The van der Waals surface area contributed by atoms with Crippen LogP contribution in [0.5, 0.6) is 0 Å². The fraction of sp³-hybridized carbons (Fsp3) is 0.400. The number of carbonyl (C=O) groups excluding carboxylic acids is 2. The molecule has 2 aromatic rings. The number of H-pyrrole nitrogens is 1. The molecule has 7 nitrogen and oxygen atoms in total. The SMILES string of the molecule is Cc1nc2ccc(NC(=O)CNC(=O)[C@@H](N)C(C)C)cc2[nH]1. The summed E-state index contributed by atoms with van der Waals surface area (Å²) in [7, 11) is 0. The average molecular weight is 303 g/mol. The van der Waals surface area contributed by atoms with Crippen LogP contribution in [-0.2, 0) is 9.59 Å². The second kappa shape index (κ2) is 6.57. The first kappa shape index (κ1) is 16.0. The van der Waals surface area contributed by atoms with Crippen molar-refractivity contribution in [3.63, 3.8) is 0 Å². The number of aryl methyl sites for hydroxylation is 1. The van der Waals surface area contributed by atoms with Crippen molar-refractivity contribution in [3.05, 3.63) is 24.0 Å². The lowest BCUT2D eigenvalue weighted by Crippen LogP contribution is -2.46. The fourth-order valence-electron chi connectivity index (χ4n) is 2.01. The summed E-state index contributed by atoms with van der Waals surface area (Å²) in [5, 5.41) is 5.25. The van der Waals surface area contributed by atoms with Crippen molar-refractivity contribution >= 4 is 28.5 Å². The number of hydrogen-bond donors (Lipinski definition) is 4. The average Bonchev–Trinajstić information content (AvgIpc) is 2.83. The van der Waals surface area contributed by atoms with E-state index in [2.05, 4.69) is 20.6 Å². The number of amides is 2. The molecule has 1 aromatic carbocycles. The molecule has 0 radical (unpaired) electrons. The van der Waals surface area contributed by atoms with Gasteiger partial charge in [0.1, 0.15) is 5.82 Å². The first-order valence-corrected chi connectivity index (χ1v) is 7.16. The quantitative estimate of drug-likeness (QED) is 0.657. The van der Waals surface area contributed by atoms with Crippen molar-refractivity contribution in [1.29, 1.82) is 0 Å². The highest BCUT2D eigenvalue weighted by Crippen LogP contribution is 2.16. The van der Waals surface area contributed by atoms with Crippen LogP contribution in [0.3, 0.4) is 0 Å². The van der Waals surface area contributed by atoms with Crippen LogP contribution >= 0.6 is 0 Å². The number of aromatic nitrogens is 2. The summed E-state index contributed by atoms with van der Waals surface area (Å²) in [5.41, 5.74) is 8.04. The summed E-state index contributed by atoms with van der Waals surface area (Å²) in [6.45, 7) is 5.46. The number of nitrogens with one attached hydrogen (secondary N) is 3. The Morgan fingerprint density at radius 3 is 2.77 bits per heavy atom. The fourth-order valence-corrected chi connectivity index (χ4v) is 2.01. The number of nitrogens with zero attached hydrogens (tertiary/aromatic N) is 1. The van der Waals surface area contributed by atoms with Gasteiger partial charge in [-0.05, 0) is 31.0 Å². The molecule has 2 rings (SSSR count). The normalized spacial score (nSPS) is 12.4. The molecule has 1 aromatic heterocycles. The van der Waals surface area contributed by atoms with E-state index in [1.807, 2.05) is 26.8 Å². The highest BCUT2D eigenvalue weighted by atomic mass is 16.2. The van der Waals surface area contributed by atoms with Crippen LogP contribution in [0.25, 0.3) is 11.0 Å². The highest BCUT2D eigenvalue weighted by Gasteiger charge is 2.17. The topological polar surface area (TPSA) is 113 Å². The zero-order valence-electron chi connectivity index (χ0n) is 12.9. The van der Waals surface area contributed by atoms with E-state index >= 15 is 0 Å². The number of carbonyl (C=O) groups is 2. The van der Waals surface area contributed by atoms with E-state index in [9.17, 15) is 9.59 Å². The Kier molecular flexibility index (Phi) is 4.77. The molecule has 0 aliphatic carbocycles. The van der Waals surface area contributed by atoms with Crippen LogP contribution < -0.4 is 16.4 Å². The van der Waals surface area contributed by atoms with Gasteiger partial charge in [0.2, 0.25) is 11.8 Å². The minimum atomic E-state index is -0.614. The maximum Gasteiger partial charge on any atom is 0.243 e. The Bertz CT molecular complexity index is 692. The summed E-state index contributed by atoms with van der Waals surface area (Å²) in [6.07, 6.45) is 0. The lowest BCUT2D eigenvalue weighted by molar-refractivity contribution is -0.125. The van der Waals surface area contributed by atoms with Gasteiger partial charge in [-0.3, -0.25) is 9.59 Å². The number of imidazole rings is 1. The van der Waals surface area contributed by atoms with Crippen LogP contribution in [0.2, 0.25) is 0 Å². The van der Waals surface area contributed by atoms with Gasteiger partial charge in [-0.1, -0.05) is 13.8 Å². The second-order valence-electron chi connectivity index (χ2n) is 5.59. The molecule has 0 saturated carbocycles. The minimum absolute atomic E-state index is 0.0223. The Morgan fingerprint density at radius 2 is 2.09 bits per heavy atom. The summed E-state index contributed by atoms with van der Waals surface area (Å²) in [5.74, 6) is 0.201. The molecule has 5 N–H and O–H groups in total. The van der Waals surface area contributed by atoms with E-state index in [1.165, 1.54) is 0 Å². The van der Waals surface area contributed by atoms with Crippen LogP contribution in [0.15, 0.2) is 18.2 Å². The minimum Gasteiger partial charge on any atom is -0.346 e. The predicted molar refractivity (Wildman–Crippen MR) is 85.3 cm³/mol. The lowest BCUT2D eigenvalue weighted by atomic mass is 10.1. The zero-order valence-corrected chi connectivity index (χ0v) is 12.9. The maximum absolute atomic E-state index is 11.9. The summed E-state index contributed by atoms with van der Waals surface area (Å²) in [4.78, 5) is 30.9. The van der Waals surface area contributed by atoms with Crippen molar-refractivity contribution in [2.45, 2.75) is 26.8 Å². The van der Waals surface area contributed by atoms with Gasteiger partial charge in [0.25, 0.3) is 0 Å². The standard InChI is InChI=1S/C15H21N5O2/c1-8(2)14(16)15(22)17-7-13(21)20-10-4-5-11-12(6-10)19-9(3)18-11/h4-6,8,14H,7,16H2,1-3H3,(H,17,22)(H,18,19)(H,20,21)/t14-/m0/s1. The molecule has 2 amide bonds. The molecule has 1 heterocycles. The van der Waals surface area contributed by atoms with Gasteiger partial charge >= 0.3 is 0 Å². The monoisotopic (exact) mass is 303 g/mol. The molecule has 118 valence electrons. The number of benzene rings is 1. The van der Waals surface area contributed by atoms with Crippen LogP contribution in [0, 0.1) is 12.8 Å². The number of nitrogens with two attached hydrogens (primary N) is 1. The lowest BCUT2D eigenvalue weighted by Gasteiger charge is -2.15. The zero-order chi connectivity index (χ0) is 16.3. The highest BCUT2D eigenvalue weighted by molar-refractivity contribution is 5.96. The van der Waals surface area contributed by atoms with Crippen molar-refractivity contribution in [2.24, 2.45) is 11.7 Å². The van der Waals surface area contributed by atoms with Gasteiger partial charge in [0, 0.05) is 5.69 Å². The van der Waals surface area contributed by atoms with Crippen molar-refractivity contribution in [2.75, 3.05) is 11.9 Å². The molecule has 0 unspecified atom stereocenters. The number of hydrogen-bond acceptors (Lipinski definition) is 4. The summed E-state index contributed by atoms with van der Waals surface area (Å²) in [6, 6.07) is 4.77. The molecule has 0 saturated heterocycles. The van der Waals surface area contributed by atoms with Crippen molar-refractivity contribution in [1.82, 2.24) is 15.3 Å². The molecule has 0 fully saturated rings. The molecular weight excluding hydrogens is 282 g/mol. The molecule has 0 bridgehead atoms. The van der Waals surface area contributed by atoms with Gasteiger partial charge in [-0.15, -0.1) is 0 Å². The third kappa shape index (κ3) is 3.82. The van der Waals surface area contributed by atoms with Gasteiger partial charge in [-0.25, -0.2) is 4.98 Å². The molecule has 0 aliphatic heterocycles. The molecule has 1 atom stereocenters. The largest absolute Gasteiger partial charge is 0.346 e. The van der Waals surface area contributed by atoms with E-state index in [1.54, 1.807) is 12.1 Å². The van der Waals surface area contributed by atoms with Crippen molar-refractivity contribution in [3.8, 4) is 0 Å². The van der Waals surface area contributed by atoms with Crippen LogP contribution in [-0.4, -0.2) is 34.4 Å². The van der Waals surface area contributed by atoms with Gasteiger partial charge in [0.15, 0.2) is 0 Å². The Labute approximate surface area is 128 Å². The van der Waals surface area contributed by atoms with E-state index in [4.69, 9.17) is 5.73 Å². The maximum atomic E-state index is 11.9. The number of aromatic amines is 1. The third-order valence-corrected chi connectivity index (χ3v) is 3.33. The second-order valence-corrected chi connectivity index (χ2v) is 5.59. The smallest absolute Gasteiger partial charge is 0.243 e. The van der Waals surface area contributed by atoms with E-state index < -0.39 is 6.04 Å². The number of anilines is 1. The van der Waals surface area contributed by atoms with E-state index in [0.717, 1.165) is 16.9 Å². The van der Waals surface area contributed by atoms with Crippen LogP contribution in [0.4, 0.5) is 5.69 Å². The first-order chi connectivity index (χ1) is 10.4. The first-order valence-electron chi connectivity index (χ1n) is 7.16. The Morgan fingerprint density at radius 1 is 1.36 bits per heavy atom. The Balaban J connectivity index is 1.92.